The Kier molecular flexibility index (Phi) is 6.17. The van der Waals surface area contributed by atoms with Gasteiger partial charge < -0.3 is 5.11 Å². The maximum Gasteiger partial charge on any atom is 0.159 e. The van der Waals surface area contributed by atoms with Gasteiger partial charge in [-0.2, -0.15) is 0 Å². The third-order valence-corrected chi connectivity index (χ3v) is 11.6. The van der Waals surface area contributed by atoms with Gasteiger partial charge in [0.2, 0.25) is 0 Å². The first kappa shape index (κ1) is 24.9. The number of aldehydes is 1. The molecule has 184 valence electrons. The first-order valence-electron chi connectivity index (χ1n) is 13.4. The molecule has 0 aromatic carbocycles. The van der Waals surface area contributed by atoms with Crippen LogP contribution in [0.4, 0.5) is 0 Å². The van der Waals surface area contributed by atoms with Crippen molar-refractivity contribution in [2.24, 2.45) is 39.4 Å². The zero-order valence-electron chi connectivity index (χ0n) is 22.1. The van der Waals surface area contributed by atoms with E-state index in [4.69, 9.17) is 0 Å². The molecule has 3 heteroatoms. The molecule has 0 unspecified atom stereocenters. The molecule has 4 rings (SSSR count). The number of rotatable bonds is 5. The van der Waals surface area contributed by atoms with E-state index in [0.29, 0.717) is 24.0 Å². The van der Waals surface area contributed by atoms with E-state index >= 15 is 0 Å². The van der Waals surface area contributed by atoms with Crippen molar-refractivity contribution in [2.45, 2.75) is 112 Å². The van der Waals surface area contributed by atoms with Crippen LogP contribution in [0, 0.1) is 39.4 Å². The molecule has 0 aliphatic heterocycles. The van der Waals surface area contributed by atoms with Crippen molar-refractivity contribution in [3.8, 4) is 0 Å². The molecule has 1 N–H and O–H groups in total. The summed E-state index contributed by atoms with van der Waals surface area (Å²) in [4.78, 5) is 24.8. The Morgan fingerprint density at radius 3 is 2.48 bits per heavy atom. The number of Topliss-reactive ketones (excluding diaryl/α,β-unsaturated/α-hetero) is 1. The van der Waals surface area contributed by atoms with E-state index in [1.54, 1.807) is 0 Å². The number of ketones is 1. The van der Waals surface area contributed by atoms with Gasteiger partial charge in [0.05, 0.1) is 6.10 Å². The largest absolute Gasteiger partial charge is 0.393 e. The molecule has 33 heavy (non-hydrogen) atoms. The molecule has 7 atom stereocenters. The van der Waals surface area contributed by atoms with E-state index in [-0.39, 0.29) is 33.7 Å². The summed E-state index contributed by atoms with van der Waals surface area (Å²) in [5.74, 6) is 1.81. The minimum Gasteiger partial charge on any atom is -0.393 e. The zero-order chi connectivity index (χ0) is 24.4. The lowest BCUT2D eigenvalue weighted by molar-refractivity contribution is -0.134. The Morgan fingerprint density at radius 1 is 1.12 bits per heavy atom. The molecule has 2 fully saturated rings. The standard InChI is InChI=1S/C30H46O3/c1-19(18-31)9-8-10-20(2)21-11-16-30(7)26-22(12-15-29(21,30)6)28(5)14-13-25(33)27(3,4)24(28)17-23(26)32/h9,18,20-21,24-25,33H,8,10-17H2,1-7H3/b19-9+/t20-,21-,24+,25+,28-,29-,30+/m1/s1. The van der Waals surface area contributed by atoms with E-state index in [0.717, 1.165) is 50.4 Å². The highest BCUT2D eigenvalue weighted by atomic mass is 16.3. The summed E-state index contributed by atoms with van der Waals surface area (Å²) in [6, 6.07) is 0. The quantitative estimate of drug-likeness (QED) is 0.365. The third kappa shape index (κ3) is 3.46. The summed E-state index contributed by atoms with van der Waals surface area (Å²) in [7, 11) is 0. The molecule has 4 aliphatic carbocycles. The van der Waals surface area contributed by atoms with Crippen molar-refractivity contribution in [2.75, 3.05) is 0 Å². The number of carbonyl (C=O) groups is 2. The zero-order valence-corrected chi connectivity index (χ0v) is 22.1. The van der Waals surface area contributed by atoms with Crippen LogP contribution < -0.4 is 0 Å². The summed E-state index contributed by atoms with van der Waals surface area (Å²) >= 11 is 0. The summed E-state index contributed by atoms with van der Waals surface area (Å²) < 4.78 is 0. The number of hydrogen-bond donors (Lipinski definition) is 1. The van der Waals surface area contributed by atoms with E-state index in [9.17, 15) is 14.7 Å². The lowest BCUT2D eigenvalue weighted by atomic mass is 9.43. The van der Waals surface area contributed by atoms with Crippen molar-refractivity contribution >= 4 is 12.1 Å². The first-order chi connectivity index (χ1) is 15.3. The SMILES string of the molecule is C/C(C=O)=C\CC[C@@H](C)[C@H]1CC[C@@]2(C)C3=C(CC[C@]12C)[C@@]1(C)CC[C@H](O)C(C)(C)[C@@H]1CC3=O. The lowest BCUT2D eigenvalue weighted by Gasteiger charge is -2.61. The molecule has 0 saturated heterocycles. The van der Waals surface area contributed by atoms with Gasteiger partial charge in [0.25, 0.3) is 0 Å². The van der Waals surface area contributed by atoms with Crippen LogP contribution in [0.1, 0.15) is 106 Å². The van der Waals surface area contributed by atoms with Crippen LogP contribution in [-0.2, 0) is 9.59 Å². The topological polar surface area (TPSA) is 54.4 Å². The van der Waals surface area contributed by atoms with Crippen molar-refractivity contribution in [3.63, 3.8) is 0 Å². The van der Waals surface area contributed by atoms with Gasteiger partial charge in [0.1, 0.15) is 6.29 Å². The Labute approximate surface area is 201 Å². The number of allylic oxidation sites excluding steroid dienone is 4. The Bertz CT molecular complexity index is 894. The smallest absolute Gasteiger partial charge is 0.159 e. The van der Waals surface area contributed by atoms with Crippen LogP contribution >= 0.6 is 0 Å². The number of hydrogen-bond acceptors (Lipinski definition) is 3. The highest BCUT2D eigenvalue weighted by Crippen LogP contribution is 2.71. The van der Waals surface area contributed by atoms with E-state index < -0.39 is 0 Å². The Balaban J connectivity index is 1.68. The Morgan fingerprint density at radius 2 is 1.82 bits per heavy atom. The summed E-state index contributed by atoms with van der Waals surface area (Å²) in [6.45, 7) is 15.9. The van der Waals surface area contributed by atoms with E-state index in [1.165, 1.54) is 24.0 Å². The minimum atomic E-state index is -0.316. The molecular weight excluding hydrogens is 408 g/mol. The summed E-state index contributed by atoms with van der Waals surface area (Å²) in [5.41, 5.74) is 3.42. The predicted molar refractivity (Wildman–Crippen MR) is 134 cm³/mol. The lowest BCUT2D eigenvalue weighted by Crippen LogP contribution is -2.57. The molecule has 0 radical (unpaired) electrons. The maximum absolute atomic E-state index is 13.9. The molecule has 0 aromatic heterocycles. The first-order valence-corrected chi connectivity index (χ1v) is 13.4. The van der Waals surface area contributed by atoms with Gasteiger partial charge in [0, 0.05) is 17.4 Å². The molecule has 4 aliphatic rings. The fraction of sp³-hybridized carbons (Fsp3) is 0.800. The van der Waals surface area contributed by atoms with Crippen molar-refractivity contribution in [3.05, 3.63) is 22.8 Å². The second-order valence-corrected chi connectivity index (χ2v) is 13.3. The third-order valence-electron chi connectivity index (χ3n) is 11.6. The second kappa shape index (κ2) is 8.18. The van der Waals surface area contributed by atoms with Crippen LogP contribution in [0.5, 0.6) is 0 Å². The second-order valence-electron chi connectivity index (χ2n) is 13.3. The monoisotopic (exact) mass is 454 g/mol. The van der Waals surface area contributed by atoms with Gasteiger partial charge >= 0.3 is 0 Å². The van der Waals surface area contributed by atoms with Crippen LogP contribution in [-0.4, -0.2) is 23.3 Å². The Hall–Kier alpha value is -1.22. The number of aliphatic hydroxyl groups excluding tert-OH is 1. The van der Waals surface area contributed by atoms with Crippen molar-refractivity contribution < 1.29 is 14.7 Å². The molecule has 2 saturated carbocycles. The van der Waals surface area contributed by atoms with Gasteiger partial charge in [-0.15, -0.1) is 0 Å². The highest BCUT2D eigenvalue weighted by Gasteiger charge is 2.65. The van der Waals surface area contributed by atoms with Crippen LogP contribution in [0.2, 0.25) is 0 Å². The number of carbonyl (C=O) groups excluding carboxylic acids is 2. The summed E-state index contributed by atoms with van der Waals surface area (Å²) in [6.07, 6.45) is 11.7. The molecule has 0 aromatic rings. The van der Waals surface area contributed by atoms with E-state index in [2.05, 4.69) is 47.6 Å². The van der Waals surface area contributed by atoms with Crippen LogP contribution in [0.3, 0.4) is 0 Å². The van der Waals surface area contributed by atoms with Gasteiger partial charge in [-0.25, -0.2) is 0 Å². The maximum atomic E-state index is 13.9. The van der Waals surface area contributed by atoms with Gasteiger partial charge in [0.15, 0.2) is 5.78 Å². The average Bonchev–Trinajstić information content (AvgIpc) is 3.04. The molecule has 3 nitrogen and oxygen atoms in total. The average molecular weight is 455 g/mol. The summed E-state index contributed by atoms with van der Waals surface area (Å²) in [5, 5.41) is 10.8. The van der Waals surface area contributed by atoms with Crippen LogP contribution in [0.15, 0.2) is 22.8 Å². The van der Waals surface area contributed by atoms with Crippen molar-refractivity contribution in [1.29, 1.82) is 0 Å². The van der Waals surface area contributed by atoms with Gasteiger partial charge in [-0.1, -0.05) is 53.2 Å². The highest BCUT2D eigenvalue weighted by molar-refractivity contribution is 5.99. The fourth-order valence-electron chi connectivity index (χ4n) is 9.13. The predicted octanol–water partition coefficient (Wildman–Crippen LogP) is 6.84. The minimum absolute atomic E-state index is 0.0389. The molecule has 0 amide bonds. The number of fused-ring (bicyclic) bond motifs is 4. The fourth-order valence-corrected chi connectivity index (χ4v) is 9.13. The van der Waals surface area contributed by atoms with E-state index in [1.807, 2.05) is 6.92 Å². The van der Waals surface area contributed by atoms with Crippen molar-refractivity contribution in [1.82, 2.24) is 0 Å². The molecular formula is C30H46O3. The van der Waals surface area contributed by atoms with Crippen LogP contribution in [0.25, 0.3) is 0 Å². The molecule has 0 spiro atoms. The number of aliphatic hydroxyl groups is 1. The normalized spacial score (nSPS) is 43.6. The van der Waals surface area contributed by atoms with Gasteiger partial charge in [-0.3, -0.25) is 9.59 Å². The molecule has 0 heterocycles. The van der Waals surface area contributed by atoms with Gasteiger partial charge in [-0.05, 0) is 97.9 Å². The molecule has 0 bridgehead atoms.